The van der Waals surface area contributed by atoms with Gasteiger partial charge in [0.05, 0.1) is 4.90 Å². The topological polar surface area (TPSA) is 96.3 Å². The van der Waals surface area contributed by atoms with E-state index < -0.39 is 28.6 Å². The summed E-state index contributed by atoms with van der Waals surface area (Å²) >= 11 is 0. The van der Waals surface area contributed by atoms with Gasteiger partial charge in [-0.25, -0.2) is 8.42 Å². The van der Waals surface area contributed by atoms with Crippen LogP contribution in [-0.2, 0) is 19.6 Å². The Labute approximate surface area is 118 Å². The maximum absolute atomic E-state index is 12.1. The lowest BCUT2D eigenvalue weighted by atomic mass is 10.2. The van der Waals surface area contributed by atoms with Gasteiger partial charge >= 0.3 is 5.97 Å². The number of sulfonamides is 1. The molecule has 1 aromatic carbocycles. The fraction of sp³-hybridized carbons (Fsp3) is 0.385. The van der Waals surface area contributed by atoms with Crippen LogP contribution in [0.15, 0.2) is 23.1 Å². The molecule has 1 rings (SSSR count). The number of rotatable bonds is 5. The van der Waals surface area contributed by atoms with E-state index in [1.165, 1.54) is 13.0 Å². The molecular formula is C13H16N2O4S. The van der Waals surface area contributed by atoms with E-state index in [0.29, 0.717) is 5.56 Å². The minimum absolute atomic E-state index is 0.124. The van der Waals surface area contributed by atoms with Crippen LogP contribution in [0.2, 0.25) is 0 Å². The Morgan fingerprint density at radius 3 is 2.70 bits per heavy atom. The van der Waals surface area contributed by atoms with Crippen molar-refractivity contribution in [3.8, 4) is 6.07 Å². The van der Waals surface area contributed by atoms with Crippen molar-refractivity contribution in [2.24, 2.45) is 0 Å². The normalized spacial score (nSPS) is 12.5. The van der Waals surface area contributed by atoms with Gasteiger partial charge in [0.15, 0.2) is 6.10 Å². The molecule has 7 heteroatoms. The van der Waals surface area contributed by atoms with Crippen LogP contribution >= 0.6 is 0 Å². The van der Waals surface area contributed by atoms with E-state index in [2.05, 4.69) is 9.46 Å². The molecule has 1 aromatic rings. The van der Waals surface area contributed by atoms with Crippen LogP contribution in [0.1, 0.15) is 18.1 Å². The molecule has 1 atom stereocenters. The van der Waals surface area contributed by atoms with Gasteiger partial charge in [0, 0.05) is 0 Å². The maximum atomic E-state index is 12.1. The molecule has 0 unspecified atom stereocenters. The summed E-state index contributed by atoms with van der Waals surface area (Å²) in [5.74, 6) is -0.798. The van der Waals surface area contributed by atoms with Crippen LogP contribution in [0.25, 0.3) is 0 Å². The first kappa shape index (κ1) is 16.1. The van der Waals surface area contributed by atoms with Crippen molar-refractivity contribution in [1.29, 1.82) is 5.26 Å². The molecule has 0 heterocycles. The summed E-state index contributed by atoms with van der Waals surface area (Å²) in [5.41, 5.74) is 1.39. The van der Waals surface area contributed by atoms with Gasteiger partial charge in [0.2, 0.25) is 10.0 Å². The van der Waals surface area contributed by atoms with Crippen LogP contribution in [0, 0.1) is 25.2 Å². The molecule has 0 saturated heterocycles. The van der Waals surface area contributed by atoms with Gasteiger partial charge in [0.1, 0.15) is 12.6 Å². The summed E-state index contributed by atoms with van der Waals surface area (Å²) in [6, 6.07) is 6.75. The maximum Gasteiger partial charge on any atom is 0.322 e. The van der Waals surface area contributed by atoms with E-state index >= 15 is 0 Å². The number of aryl methyl sites for hydroxylation is 2. The minimum atomic E-state index is -3.78. The average molecular weight is 296 g/mol. The van der Waals surface area contributed by atoms with E-state index in [-0.39, 0.29) is 4.90 Å². The largest absolute Gasteiger partial charge is 0.446 e. The Bertz CT molecular complexity index is 647. The van der Waals surface area contributed by atoms with E-state index in [0.717, 1.165) is 5.56 Å². The molecule has 108 valence electrons. The molecule has 0 bridgehead atoms. The fourth-order valence-electron chi connectivity index (χ4n) is 1.49. The second-order valence-corrected chi connectivity index (χ2v) is 6.09. The van der Waals surface area contributed by atoms with Gasteiger partial charge < -0.3 is 4.74 Å². The number of carbonyl (C=O) groups excluding carboxylic acids is 1. The quantitative estimate of drug-likeness (QED) is 0.819. The van der Waals surface area contributed by atoms with Crippen LogP contribution in [0.5, 0.6) is 0 Å². The molecule has 0 amide bonds. The molecule has 0 fully saturated rings. The molecule has 0 aromatic heterocycles. The molecule has 0 saturated carbocycles. The predicted octanol–water partition coefficient (Wildman–Crippen LogP) is 1.04. The lowest BCUT2D eigenvalue weighted by Gasteiger charge is -2.10. The highest BCUT2D eigenvalue weighted by Crippen LogP contribution is 2.16. The van der Waals surface area contributed by atoms with Crippen molar-refractivity contribution in [2.45, 2.75) is 31.8 Å². The third kappa shape index (κ3) is 4.33. The molecule has 0 radical (unpaired) electrons. The highest BCUT2D eigenvalue weighted by Gasteiger charge is 2.19. The van der Waals surface area contributed by atoms with Crippen molar-refractivity contribution in [1.82, 2.24) is 4.72 Å². The standard InChI is InChI=1S/C13H16N2O4S/c1-9-4-5-10(2)12(6-9)20(17,18)15-8-13(16)19-11(3)7-14/h4-6,11,15H,8H2,1-3H3/t11-/m0/s1. The van der Waals surface area contributed by atoms with Gasteiger partial charge in [0.25, 0.3) is 0 Å². The zero-order valence-corrected chi connectivity index (χ0v) is 12.3. The molecule has 6 nitrogen and oxygen atoms in total. The highest BCUT2D eigenvalue weighted by molar-refractivity contribution is 7.89. The fourth-order valence-corrected chi connectivity index (χ4v) is 2.79. The second kappa shape index (κ2) is 6.50. The summed E-state index contributed by atoms with van der Waals surface area (Å²) in [6.45, 7) is 4.34. The summed E-state index contributed by atoms with van der Waals surface area (Å²) in [6.07, 6.45) is -0.910. The first-order valence-corrected chi connectivity index (χ1v) is 7.40. The van der Waals surface area contributed by atoms with E-state index in [9.17, 15) is 13.2 Å². The Balaban J connectivity index is 2.79. The first-order chi connectivity index (χ1) is 9.26. The minimum Gasteiger partial charge on any atom is -0.446 e. The van der Waals surface area contributed by atoms with Crippen LogP contribution in [0.3, 0.4) is 0 Å². The molecule has 1 N–H and O–H groups in total. The van der Waals surface area contributed by atoms with Crippen LogP contribution in [0.4, 0.5) is 0 Å². The molecule has 0 spiro atoms. The Hall–Kier alpha value is -1.91. The number of benzene rings is 1. The van der Waals surface area contributed by atoms with Crippen molar-refractivity contribution in [3.63, 3.8) is 0 Å². The molecule has 0 aliphatic carbocycles. The van der Waals surface area contributed by atoms with Crippen molar-refractivity contribution < 1.29 is 17.9 Å². The smallest absolute Gasteiger partial charge is 0.322 e. The summed E-state index contributed by atoms with van der Waals surface area (Å²) in [4.78, 5) is 11.5. The third-order valence-electron chi connectivity index (χ3n) is 2.53. The molecule has 0 aliphatic rings. The van der Waals surface area contributed by atoms with Crippen molar-refractivity contribution >= 4 is 16.0 Å². The number of hydrogen-bond donors (Lipinski definition) is 1. The van der Waals surface area contributed by atoms with Crippen molar-refractivity contribution in [3.05, 3.63) is 29.3 Å². The van der Waals surface area contributed by atoms with Crippen molar-refractivity contribution in [2.75, 3.05) is 6.54 Å². The molecule has 0 aliphatic heterocycles. The predicted molar refractivity (Wildman–Crippen MR) is 72.3 cm³/mol. The number of nitriles is 1. The SMILES string of the molecule is Cc1ccc(C)c(S(=O)(=O)NCC(=O)O[C@@H](C)C#N)c1. The van der Waals surface area contributed by atoms with Gasteiger partial charge in [-0.05, 0) is 38.0 Å². The van der Waals surface area contributed by atoms with Crippen LogP contribution in [-0.4, -0.2) is 27.0 Å². The van der Waals surface area contributed by atoms with Gasteiger partial charge in [-0.2, -0.15) is 9.98 Å². The van der Waals surface area contributed by atoms with Gasteiger partial charge in [-0.3, -0.25) is 4.79 Å². The third-order valence-corrected chi connectivity index (χ3v) is 4.07. The first-order valence-electron chi connectivity index (χ1n) is 5.92. The number of nitrogens with zero attached hydrogens (tertiary/aromatic N) is 1. The lowest BCUT2D eigenvalue weighted by molar-refractivity contribution is -0.144. The summed E-state index contributed by atoms with van der Waals surface area (Å²) < 4.78 is 31.0. The van der Waals surface area contributed by atoms with Gasteiger partial charge in [-0.15, -0.1) is 0 Å². The Morgan fingerprint density at radius 1 is 1.45 bits per heavy atom. The Kier molecular flexibility index (Phi) is 5.25. The average Bonchev–Trinajstić information content (AvgIpc) is 2.39. The number of carbonyl (C=O) groups is 1. The summed E-state index contributed by atoms with van der Waals surface area (Å²) in [5, 5.41) is 8.49. The number of esters is 1. The molecule has 20 heavy (non-hydrogen) atoms. The van der Waals surface area contributed by atoms with E-state index in [1.54, 1.807) is 32.0 Å². The monoisotopic (exact) mass is 296 g/mol. The van der Waals surface area contributed by atoms with E-state index in [1.807, 2.05) is 0 Å². The van der Waals surface area contributed by atoms with Gasteiger partial charge in [-0.1, -0.05) is 12.1 Å². The zero-order valence-electron chi connectivity index (χ0n) is 11.5. The number of hydrogen-bond acceptors (Lipinski definition) is 5. The summed E-state index contributed by atoms with van der Waals surface area (Å²) in [7, 11) is -3.78. The number of ether oxygens (including phenoxy) is 1. The van der Waals surface area contributed by atoms with Crippen LogP contribution < -0.4 is 4.72 Å². The zero-order chi connectivity index (χ0) is 15.3. The highest BCUT2D eigenvalue weighted by atomic mass is 32.2. The lowest BCUT2D eigenvalue weighted by Crippen LogP contribution is -2.32. The molecular weight excluding hydrogens is 280 g/mol. The number of nitrogens with one attached hydrogen (secondary N) is 1. The second-order valence-electron chi connectivity index (χ2n) is 4.35. The Morgan fingerprint density at radius 2 is 2.10 bits per heavy atom. The van der Waals surface area contributed by atoms with E-state index in [4.69, 9.17) is 5.26 Å².